The molecular weight excluding hydrogens is 281 g/mol. The summed E-state index contributed by atoms with van der Waals surface area (Å²) in [5, 5.41) is 3.31. The van der Waals surface area contributed by atoms with Crippen LogP contribution in [-0.2, 0) is 10.2 Å². The molecule has 5 nitrogen and oxygen atoms in total. The van der Waals surface area contributed by atoms with Gasteiger partial charge in [0.1, 0.15) is 5.82 Å². The minimum Gasteiger partial charge on any atom is -0.314 e. The first-order valence-corrected chi connectivity index (χ1v) is 7.24. The summed E-state index contributed by atoms with van der Waals surface area (Å²) in [6.07, 6.45) is 0. The number of nitrogens with zero attached hydrogens (tertiary/aromatic N) is 1. The van der Waals surface area contributed by atoms with E-state index in [9.17, 15) is 12.8 Å². The molecule has 0 bridgehead atoms. The lowest BCUT2D eigenvalue weighted by Crippen LogP contribution is -2.48. The summed E-state index contributed by atoms with van der Waals surface area (Å²) in [4.78, 5) is 0. The summed E-state index contributed by atoms with van der Waals surface area (Å²) in [6, 6.07) is 3.73. The smallest absolute Gasteiger partial charge is 0.301 e. The van der Waals surface area contributed by atoms with Gasteiger partial charge in [0.25, 0.3) is 0 Å². The van der Waals surface area contributed by atoms with Gasteiger partial charge < -0.3 is 5.32 Å². The largest absolute Gasteiger partial charge is 0.314 e. The minimum absolute atomic E-state index is 0.138. The summed E-state index contributed by atoms with van der Waals surface area (Å²) >= 11 is 5.71. The van der Waals surface area contributed by atoms with E-state index < -0.39 is 16.0 Å². The van der Waals surface area contributed by atoms with Gasteiger partial charge >= 0.3 is 10.2 Å². The van der Waals surface area contributed by atoms with Crippen molar-refractivity contribution >= 4 is 27.5 Å². The lowest BCUT2D eigenvalue weighted by atomic mass is 10.3. The molecule has 1 heterocycles. The van der Waals surface area contributed by atoms with Gasteiger partial charge in [0, 0.05) is 31.2 Å². The predicted molar refractivity (Wildman–Crippen MR) is 68.4 cm³/mol. The molecule has 1 aliphatic rings. The first-order valence-electron chi connectivity index (χ1n) is 5.43. The summed E-state index contributed by atoms with van der Waals surface area (Å²) in [7, 11) is -3.73. The molecule has 0 aromatic heterocycles. The summed E-state index contributed by atoms with van der Waals surface area (Å²) in [5.74, 6) is -0.655. The summed E-state index contributed by atoms with van der Waals surface area (Å²) < 4.78 is 40.9. The topological polar surface area (TPSA) is 61.4 Å². The van der Waals surface area contributed by atoms with Crippen molar-refractivity contribution in [3.63, 3.8) is 0 Å². The molecule has 0 spiro atoms. The maximum Gasteiger partial charge on any atom is 0.301 e. The van der Waals surface area contributed by atoms with E-state index in [4.69, 9.17) is 11.6 Å². The van der Waals surface area contributed by atoms with Crippen LogP contribution in [0, 0.1) is 5.82 Å². The molecule has 0 aliphatic carbocycles. The van der Waals surface area contributed by atoms with E-state index in [1.54, 1.807) is 0 Å². The zero-order valence-corrected chi connectivity index (χ0v) is 11.1. The van der Waals surface area contributed by atoms with Crippen molar-refractivity contribution in [1.82, 2.24) is 9.62 Å². The average Bonchev–Trinajstić information content (AvgIpc) is 2.35. The average molecular weight is 294 g/mol. The van der Waals surface area contributed by atoms with E-state index in [1.165, 1.54) is 16.4 Å². The van der Waals surface area contributed by atoms with Crippen molar-refractivity contribution < 1.29 is 12.8 Å². The van der Waals surface area contributed by atoms with Gasteiger partial charge in [-0.25, -0.2) is 4.39 Å². The van der Waals surface area contributed by atoms with Crippen LogP contribution in [0.25, 0.3) is 0 Å². The molecule has 1 aliphatic heterocycles. The van der Waals surface area contributed by atoms with Crippen LogP contribution < -0.4 is 10.0 Å². The molecule has 0 saturated carbocycles. The molecule has 100 valence electrons. The van der Waals surface area contributed by atoms with Crippen molar-refractivity contribution in [2.24, 2.45) is 0 Å². The van der Waals surface area contributed by atoms with E-state index >= 15 is 0 Å². The van der Waals surface area contributed by atoms with Gasteiger partial charge in [-0.1, -0.05) is 11.6 Å². The van der Waals surface area contributed by atoms with Gasteiger partial charge in [-0.15, -0.1) is 0 Å². The molecule has 1 aromatic rings. The Hall–Kier alpha value is -0.890. The third kappa shape index (κ3) is 3.11. The van der Waals surface area contributed by atoms with E-state index in [0.29, 0.717) is 26.2 Å². The Bertz CT molecular complexity index is 532. The van der Waals surface area contributed by atoms with E-state index in [-0.39, 0.29) is 10.7 Å². The standard InChI is InChI=1S/C10H13ClFN3O2S/c11-8-1-2-9(12)10(7-8)14-18(16,17)15-5-3-13-4-6-15/h1-2,7,13-14H,3-6H2. The first kappa shape index (κ1) is 13.5. The molecule has 2 N–H and O–H groups in total. The van der Waals surface area contributed by atoms with Crippen LogP contribution in [0.15, 0.2) is 18.2 Å². The van der Waals surface area contributed by atoms with Gasteiger partial charge in [0.2, 0.25) is 0 Å². The third-order valence-electron chi connectivity index (χ3n) is 2.58. The van der Waals surface area contributed by atoms with Gasteiger partial charge in [-0.2, -0.15) is 12.7 Å². The van der Waals surface area contributed by atoms with Gasteiger partial charge in [0.15, 0.2) is 0 Å². The predicted octanol–water partition coefficient (Wildman–Crippen LogP) is 1.04. The summed E-state index contributed by atoms with van der Waals surface area (Å²) in [6.45, 7) is 1.88. The van der Waals surface area contributed by atoms with Gasteiger partial charge in [-0.05, 0) is 18.2 Å². The first-order chi connectivity index (χ1) is 8.49. The second-order valence-electron chi connectivity index (χ2n) is 3.88. The fourth-order valence-corrected chi connectivity index (χ4v) is 3.06. The second-order valence-corrected chi connectivity index (χ2v) is 5.99. The number of benzene rings is 1. The third-order valence-corrected chi connectivity index (χ3v) is 4.34. The van der Waals surface area contributed by atoms with Crippen molar-refractivity contribution in [2.75, 3.05) is 30.9 Å². The molecule has 0 atom stereocenters. The normalized spacial score (nSPS) is 17.7. The minimum atomic E-state index is -3.73. The number of hydrogen-bond acceptors (Lipinski definition) is 3. The van der Waals surface area contributed by atoms with Crippen molar-refractivity contribution in [2.45, 2.75) is 0 Å². The Morgan fingerprint density at radius 3 is 2.67 bits per heavy atom. The van der Waals surface area contributed by atoms with Gasteiger partial charge in [-0.3, -0.25) is 4.72 Å². The molecule has 18 heavy (non-hydrogen) atoms. The highest BCUT2D eigenvalue weighted by molar-refractivity contribution is 7.90. The van der Waals surface area contributed by atoms with Crippen molar-refractivity contribution in [1.29, 1.82) is 0 Å². The number of halogens is 2. The van der Waals surface area contributed by atoms with Crippen LogP contribution in [0.3, 0.4) is 0 Å². The van der Waals surface area contributed by atoms with Crippen molar-refractivity contribution in [3.8, 4) is 0 Å². The van der Waals surface area contributed by atoms with E-state index in [0.717, 1.165) is 6.07 Å². The molecule has 1 saturated heterocycles. The lowest BCUT2D eigenvalue weighted by molar-refractivity contribution is 0.362. The summed E-state index contributed by atoms with van der Waals surface area (Å²) in [5.41, 5.74) is -0.138. The molecule has 0 amide bonds. The lowest BCUT2D eigenvalue weighted by Gasteiger charge is -2.26. The molecule has 0 unspecified atom stereocenters. The Morgan fingerprint density at radius 1 is 1.33 bits per heavy atom. The number of piperazine rings is 1. The molecule has 8 heteroatoms. The maximum atomic E-state index is 13.5. The Kier molecular flexibility index (Phi) is 4.06. The van der Waals surface area contributed by atoms with Crippen LogP contribution in [0.5, 0.6) is 0 Å². The molecular formula is C10H13ClFN3O2S. The highest BCUT2D eigenvalue weighted by Gasteiger charge is 2.24. The van der Waals surface area contributed by atoms with Crippen LogP contribution in [0.1, 0.15) is 0 Å². The monoisotopic (exact) mass is 293 g/mol. The Morgan fingerprint density at radius 2 is 2.00 bits per heavy atom. The SMILES string of the molecule is O=S(=O)(Nc1cc(Cl)ccc1F)N1CCNCC1. The molecule has 2 rings (SSSR count). The van der Waals surface area contributed by atoms with Crippen LogP contribution >= 0.6 is 11.6 Å². The maximum absolute atomic E-state index is 13.5. The van der Waals surface area contributed by atoms with Crippen LogP contribution in [-0.4, -0.2) is 38.9 Å². The number of nitrogens with one attached hydrogen (secondary N) is 2. The zero-order valence-electron chi connectivity index (χ0n) is 9.49. The number of hydrogen-bond donors (Lipinski definition) is 2. The fraction of sp³-hybridized carbons (Fsp3) is 0.400. The Labute approximate surface area is 110 Å². The number of anilines is 1. The van der Waals surface area contributed by atoms with Gasteiger partial charge in [0.05, 0.1) is 5.69 Å². The number of rotatable bonds is 3. The van der Waals surface area contributed by atoms with Crippen molar-refractivity contribution in [3.05, 3.63) is 29.0 Å². The van der Waals surface area contributed by atoms with E-state index in [2.05, 4.69) is 10.0 Å². The van der Waals surface area contributed by atoms with E-state index in [1.807, 2.05) is 0 Å². The van der Waals surface area contributed by atoms with Crippen LogP contribution in [0.4, 0.5) is 10.1 Å². The zero-order chi connectivity index (χ0) is 13.2. The quantitative estimate of drug-likeness (QED) is 0.875. The second kappa shape index (κ2) is 5.40. The molecule has 0 radical (unpaired) electrons. The van der Waals surface area contributed by atoms with Crippen LogP contribution in [0.2, 0.25) is 5.02 Å². The highest BCUT2D eigenvalue weighted by Crippen LogP contribution is 2.21. The molecule has 1 aromatic carbocycles. The molecule has 1 fully saturated rings. The Balaban J connectivity index is 2.18. The fourth-order valence-electron chi connectivity index (χ4n) is 1.66. The highest BCUT2D eigenvalue weighted by atomic mass is 35.5.